The number of hydrogen-bond acceptors (Lipinski definition) is 5. The molecular formula is C15H31N3O3. The Bertz CT molecular complexity index is 289. The minimum absolute atomic E-state index is 0.0832. The summed E-state index contributed by atoms with van der Waals surface area (Å²) in [6.07, 6.45) is 3.17. The van der Waals surface area contributed by atoms with Crippen LogP contribution in [0.4, 0.5) is 0 Å². The van der Waals surface area contributed by atoms with Crippen molar-refractivity contribution in [2.24, 2.45) is 5.73 Å². The SMILES string of the molecule is CCC(CCN)N1CCCN(C(=O)COCCOC)CC1. The molecule has 1 aliphatic rings. The molecule has 1 aliphatic heterocycles. The number of hydrogen-bond donors (Lipinski definition) is 1. The highest BCUT2D eigenvalue weighted by molar-refractivity contribution is 5.77. The lowest BCUT2D eigenvalue weighted by molar-refractivity contribution is -0.136. The first-order chi connectivity index (χ1) is 10.2. The molecule has 1 atom stereocenters. The minimum Gasteiger partial charge on any atom is -0.382 e. The number of carbonyl (C=O) groups excluding carboxylic acids is 1. The molecule has 6 nitrogen and oxygen atoms in total. The van der Waals surface area contributed by atoms with Gasteiger partial charge in [-0.25, -0.2) is 0 Å². The first-order valence-electron chi connectivity index (χ1n) is 8.01. The van der Waals surface area contributed by atoms with Gasteiger partial charge < -0.3 is 20.1 Å². The lowest BCUT2D eigenvalue weighted by Crippen LogP contribution is -2.41. The zero-order valence-electron chi connectivity index (χ0n) is 13.6. The molecule has 1 fully saturated rings. The maximum absolute atomic E-state index is 12.1. The Morgan fingerprint density at radius 3 is 2.71 bits per heavy atom. The van der Waals surface area contributed by atoms with E-state index in [4.69, 9.17) is 15.2 Å². The number of amides is 1. The summed E-state index contributed by atoms with van der Waals surface area (Å²) in [5.74, 6) is 0.0832. The molecule has 21 heavy (non-hydrogen) atoms. The maximum Gasteiger partial charge on any atom is 0.248 e. The summed E-state index contributed by atoms with van der Waals surface area (Å²) in [7, 11) is 1.63. The van der Waals surface area contributed by atoms with Gasteiger partial charge in [0.25, 0.3) is 0 Å². The van der Waals surface area contributed by atoms with Crippen LogP contribution in [0.2, 0.25) is 0 Å². The summed E-state index contributed by atoms with van der Waals surface area (Å²) in [5.41, 5.74) is 5.69. The Kier molecular flexibility index (Phi) is 9.58. The molecular weight excluding hydrogens is 270 g/mol. The van der Waals surface area contributed by atoms with Gasteiger partial charge in [0.05, 0.1) is 13.2 Å². The number of ether oxygens (including phenoxy) is 2. The van der Waals surface area contributed by atoms with Crippen molar-refractivity contribution >= 4 is 5.91 Å². The number of carbonyl (C=O) groups is 1. The standard InChI is InChI=1S/C15H31N3O3/c1-3-14(5-6-16)17-7-4-8-18(10-9-17)15(19)13-21-12-11-20-2/h14H,3-13,16H2,1-2H3. The second-order valence-electron chi connectivity index (χ2n) is 5.46. The molecule has 1 amide bonds. The third-order valence-corrected chi connectivity index (χ3v) is 4.03. The Morgan fingerprint density at radius 1 is 1.24 bits per heavy atom. The fourth-order valence-corrected chi connectivity index (χ4v) is 2.78. The van der Waals surface area contributed by atoms with E-state index in [2.05, 4.69) is 11.8 Å². The summed E-state index contributed by atoms with van der Waals surface area (Å²) in [4.78, 5) is 16.5. The highest BCUT2D eigenvalue weighted by atomic mass is 16.5. The second-order valence-corrected chi connectivity index (χ2v) is 5.46. The molecule has 124 valence electrons. The molecule has 1 heterocycles. The van der Waals surface area contributed by atoms with E-state index in [-0.39, 0.29) is 12.5 Å². The number of nitrogens with two attached hydrogens (primary N) is 1. The molecule has 1 unspecified atom stereocenters. The van der Waals surface area contributed by atoms with E-state index in [0.29, 0.717) is 19.3 Å². The van der Waals surface area contributed by atoms with Crippen LogP contribution in [0.15, 0.2) is 0 Å². The Morgan fingerprint density at radius 2 is 2.05 bits per heavy atom. The van der Waals surface area contributed by atoms with Crippen LogP contribution in [-0.4, -0.2) is 81.4 Å². The molecule has 0 bridgehead atoms. The van der Waals surface area contributed by atoms with Crippen LogP contribution < -0.4 is 5.73 Å². The Hall–Kier alpha value is -0.690. The number of methoxy groups -OCH3 is 1. The molecule has 0 aromatic carbocycles. The summed E-state index contributed by atoms with van der Waals surface area (Å²) in [6, 6.07) is 0.544. The summed E-state index contributed by atoms with van der Waals surface area (Å²) >= 11 is 0. The van der Waals surface area contributed by atoms with Crippen LogP contribution in [0.3, 0.4) is 0 Å². The molecule has 6 heteroatoms. The first kappa shape index (κ1) is 18.4. The molecule has 1 saturated heterocycles. The van der Waals surface area contributed by atoms with E-state index in [0.717, 1.165) is 52.0 Å². The highest BCUT2D eigenvalue weighted by Gasteiger charge is 2.22. The van der Waals surface area contributed by atoms with E-state index in [9.17, 15) is 4.79 Å². The number of rotatable bonds is 9. The van der Waals surface area contributed by atoms with Crippen molar-refractivity contribution in [3.05, 3.63) is 0 Å². The molecule has 0 aromatic heterocycles. The molecule has 0 spiro atoms. The Labute approximate surface area is 128 Å². The van der Waals surface area contributed by atoms with Gasteiger partial charge in [-0.2, -0.15) is 0 Å². The predicted octanol–water partition coefficient (Wildman–Crippen LogP) is 0.311. The summed E-state index contributed by atoms with van der Waals surface area (Å²) in [6.45, 7) is 7.67. The molecule has 1 rings (SSSR count). The van der Waals surface area contributed by atoms with Gasteiger partial charge in [-0.3, -0.25) is 9.69 Å². The maximum atomic E-state index is 12.1. The van der Waals surface area contributed by atoms with E-state index in [1.165, 1.54) is 0 Å². The largest absolute Gasteiger partial charge is 0.382 e. The normalized spacial score (nSPS) is 18.5. The molecule has 0 saturated carbocycles. The average Bonchev–Trinajstić information content (AvgIpc) is 2.75. The van der Waals surface area contributed by atoms with Crippen molar-refractivity contribution in [2.45, 2.75) is 32.2 Å². The van der Waals surface area contributed by atoms with Gasteiger partial charge in [0.1, 0.15) is 6.61 Å². The van der Waals surface area contributed by atoms with Crippen LogP contribution in [0, 0.1) is 0 Å². The third kappa shape index (κ3) is 6.74. The van der Waals surface area contributed by atoms with Crippen LogP contribution in [-0.2, 0) is 14.3 Å². The first-order valence-corrected chi connectivity index (χ1v) is 8.01. The highest BCUT2D eigenvalue weighted by Crippen LogP contribution is 2.12. The van der Waals surface area contributed by atoms with Gasteiger partial charge in [0, 0.05) is 39.3 Å². The van der Waals surface area contributed by atoms with Crippen LogP contribution in [0.1, 0.15) is 26.2 Å². The van der Waals surface area contributed by atoms with Gasteiger partial charge in [-0.15, -0.1) is 0 Å². The van der Waals surface area contributed by atoms with Gasteiger partial charge in [-0.1, -0.05) is 6.92 Å². The van der Waals surface area contributed by atoms with Gasteiger partial charge >= 0.3 is 0 Å². The summed E-state index contributed by atoms with van der Waals surface area (Å²) < 4.78 is 10.2. The zero-order chi connectivity index (χ0) is 15.5. The van der Waals surface area contributed by atoms with Crippen LogP contribution >= 0.6 is 0 Å². The van der Waals surface area contributed by atoms with E-state index < -0.39 is 0 Å². The molecule has 0 aliphatic carbocycles. The van der Waals surface area contributed by atoms with E-state index >= 15 is 0 Å². The Balaban J connectivity index is 2.35. The average molecular weight is 301 g/mol. The van der Waals surface area contributed by atoms with Crippen LogP contribution in [0.25, 0.3) is 0 Å². The lowest BCUT2D eigenvalue weighted by Gasteiger charge is -2.29. The van der Waals surface area contributed by atoms with Crippen molar-refractivity contribution in [2.75, 3.05) is 59.7 Å². The van der Waals surface area contributed by atoms with E-state index in [1.54, 1.807) is 7.11 Å². The van der Waals surface area contributed by atoms with Gasteiger partial charge in [0.15, 0.2) is 0 Å². The molecule has 2 N–H and O–H groups in total. The van der Waals surface area contributed by atoms with Gasteiger partial charge in [0.2, 0.25) is 5.91 Å². The fourth-order valence-electron chi connectivity index (χ4n) is 2.78. The fraction of sp³-hybridized carbons (Fsp3) is 0.933. The molecule has 0 aromatic rings. The quantitative estimate of drug-likeness (QED) is 0.621. The smallest absolute Gasteiger partial charge is 0.248 e. The summed E-state index contributed by atoms with van der Waals surface area (Å²) in [5, 5.41) is 0. The van der Waals surface area contributed by atoms with Crippen molar-refractivity contribution in [3.8, 4) is 0 Å². The predicted molar refractivity (Wildman–Crippen MR) is 83.2 cm³/mol. The van der Waals surface area contributed by atoms with Gasteiger partial charge in [-0.05, 0) is 25.8 Å². The van der Waals surface area contributed by atoms with E-state index in [1.807, 2.05) is 4.90 Å². The topological polar surface area (TPSA) is 68.0 Å². The third-order valence-electron chi connectivity index (χ3n) is 4.03. The lowest BCUT2D eigenvalue weighted by atomic mass is 10.1. The zero-order valence-corrected chi connectivity index (χ0v) is 13.6. The van der Waals surface area contributed by atoms with Crippen molar-refractivity contribution in [3.63, 3.8) is 0 Å². The van der Waals surface area contributed by atoms with Crippen LogP contribution in [0.5, 0.6) is 0 Å². The van der Waals surface area contributed by atoms with Crippen molar-refractivity contribution < 1.29 is 14.3 Å². The minimum atomic E-state index is 0.0832. The molecule has 0 radical (unpaired) electrons. The second kappa shape index (κ2) is 11.0. The number of nitrogens with zero attached hydrogens (tertiary/aromatic N) is 2. The van der Waals surface area contributed by atoms with Crippen molar-refractivity contribution in [1.82, 2.24) is 9.80 Å². The van der Waals surface area contributed by atoms with Crippen molar-refractivity contribution in [1.29, 1.82) is 0 Å². The monoisotopic (exact) mass is 301 g/mol.